The Morgan fingerprint density at radius 2 is 1.88 bits per heavy atom. The predicted molar refractivity (Wildman–Crippen MR) is 94.5 cm³/mol. The Morgan fingerprint density at radius 3 is 2.40 bits per heavy atom. The number of aryl methyl sites for hydroxylation is 1. The van der Waals surface area contributed by atoms with Crippen molar-refractivity contribution in [1.82, 2.24) is 10.2 Å². The number of carbonyl (C=O) groups excluding carboxylic acids is 2. The molecule has 1 aliphatic heterocycles. The van der Waals surface area contributed by atoms with Crippen molar-refractivity contribution >= 4 is 21.7 Å². The van der Waals surface area contributed by atoms with Crippen LogP contribution in [0.25, 0.3) is 0 Å². The Kier molecular flexibility index (Phi) is 4.62. The summed E-state index contributed by atoms with van der Waals surface area (Å²) in [6.07, 6.45) is 1.50. The fraction of sp³-hybridized carbons (Fsp3) is 0.556. The van der Waals surface area contributed by atoms with Gasteiger partial charge in [0.2, 0.25) is 11.8 Å². The lowest BCUT2D eigenvalue weighted by molar-refractivity contribution is -0.144. The third-order valence-corrected chi connectivity index (χ3v) is 6.99. The van der Waals surface area contributed by atoms with Crippen LogP contribution in [0.3, 0.4) is 0 Å². The molecular formula is C18H24N2O4S. The van der Waals surface area contributed by atoms with Crippen molar-refractivity contribution in [2.75, 3.05) is 18.6 Å². The number of carbonyl (C=O) groups is 2. The fourth-order valence-corrected chi connectivity index (χ4v) is 5.08. The zero-order valence-corrected chi connectivity index (χ0v) is 15.4. The first-order chi connectivity index (χ1) is 11.7. The van der Waals surface area contributed by atoms with Gasteiger partial charge in [-0.25, -0.2) is 8.42 Å². The summed E-state index contributed by atoms with van der Waals surface area (Å²) in [7, 11) is -1.45. The molecule has 0 bridgehead atoms. The molecular weight excluding hydrogens is 340 g/mol. The zero-order chi connectivity index (χ0) is 18.2. The Labute approximate surface area is 148 Å². The lowest BCUT2D eigenvalue weighted by Gasteiger charge is -2.27. The second-order valence-corrected chi connectivity index (χ2v) is 9.45. The van der Waals surface area contributed by atoms with E-state index in [9.17, 15) is 18.0 Å². The smallest absolute Gasteiger partial charge is 0.238 e. The van der Waals surface area contributed by atoms with E-state index < -0.39 is 15.3 Å². The van der Waals surface area contributed by atoms with Crippen LogP contribution in [0, 0.1) is 12.3 Å². The molecule has 1 saturated carbocycles. The van der Waals surface area contributed by atoms with Crippen LogP contribution in [0.15, 0.2) is 24.3 Å². The largest absolute Gasteiger partial charge is 0.351 e. The van der Waals surface area contributed by atoms with E-state index in [0.717, 1.165) is 11.1 Å². The highest BCUT2D eigenvalue weighted by Gasteiger charge is 2.58. The SMILES string of the molecule is Cc1ccc(CNC(=O)C2(C(=O)N(C)C3CCS(=O)(=O)C3)CC2)cc1. The number of rotatable bonds is 5. The van der Waals surface area contributed by atoms with Crippen LogP contribution in [-0.4, -0.2) is 49.7 Å². The molecule has 6 nitrogen and oxygen atoms in total. The summed E-state index contributed by atoms with van der Waals surface area (Å²) in [5.74, 6) is -0.403. The van der Waals surface area contributed by atoms with E-state index in [0.29, 0.717) is 25.8 Å². The Bertz CT molecular complexity index is 782. The average Bonchev–Trinajstić information content (AvgIpc) is 3.31. The zero-order valence-electron chi connectivity index (χ0n) is 14.6. The molecule has 2 amide bonds. The molecule has 3 rings (SSSR count). The lowest BCUT2D eigenvalue weighted by Crippen LogP contribution is -2.47. The van der Waals surface area contributed by atoms with Crippen molar-refractivity contribution in [1.29, 1.82) is 0 Å². The van der Waals surface area contributed by atoms with Gasteiger partial charge in [0.15, 0.2) is 9.84 Å². The first-order valence-corrected chi connectivity index (χ1v) is 10.4. The molecule has 1 saturated heterocycles. The van der Waals surface area contributed by atoms with Crippen molar-refractivity contribution in [2.45, 2.75) is 38.8 Å². The van der Waals surface area contributed by atoms with E-state index in [4.69, 9.17) is 0 Å². The van der Waals surface area contributed by atoms with Crippen molar-refractivity contribution in [3.05, 3.63) is 35.4 Å². The number of nitrogens with zero attached hydrogens (tertiary/aromatic N) is 1. The highest BCUT2D eigenvalue weighted by molar-refractivity contribution is 7.91. The number of amides is 2. The van der Waals surface area contributed by atoms with Gasteiger partial charge in [-0.15, -0.1) is 0 Å². The second-order valence-electron chi connectivity index (χ2n) is 7.22. The van der Waals surface area contributed by atoms with Crippen molar-refractivity contribution in [3.63, 3.8) is 0 Å². The van der Waals surface area contributed by atoms with Gasteiger partial charge in [0.25, 0.3) is 0 Å². The summed E-state index contributed by atoms with van der Waals surface area (Å²) in [5.41, 5.74) is 1.13. The third-order valence-electron chi connectivity index (χ3n) is 5.24. The van der Waals surface area contributed by atoms with Crippen LogP contribution in [0.2, 0.25) is 0 Å². The van der Waals surface area contributed by atoms with E-state index in [1.54, 1.807) is 7.05 Å². The summed E-state index contributed by atoms with van der Waals surface area (Å²) in [5, 5.41) is 2.86. The van der Waals surface area contributed by atoms with Gasteiger partial charge in [-0.3, -0.25) is 9.59 Å². The molecule has 0 radical (unpaired) electrons. The van der Waals surface area contributed by atoms with Crippen molar-refractivity contribution in [2.24, 2.45) is 5.41 Å². The number of hydrogen-bond donors (Lipinski definition) is 1. The minimum Gasteiger partial charge on any atom is -0.351 e. The number of nitrogens with one attached hydrogen (secondary N) is 1. The van der Waals surface area contributed by atoms with E-state index in [1.807, 2.05) is 31.2 Å². The Hall–Kier alpha value is -1.89. The standard InChI is InChI=1S/C18H24N2O4S/c1-13-3-5-14(6-4-13)11-19-16(21)18(8-9-18)17(22)20(2)15-7-10-25(23,24)12-15/h3-6,15H,7-12H2,1-2H3,(H,19,21). The molecule has 1 heterocycles. The van der Waals surface area contributed by atoms with Crippen molar-refractivity contribution < 1.29 is 18.0 Å². The molecule has 1 aromatic carbocycles. The van der Waals surface area contributed by atoms with Crippen LogP contribution in [0.1, 0.15) is 30.4 Å². The first kappa shape index (κ1) is 17.9. The quantitative estimate of drug-likeness (QED) is 0.791. The summed E-state index contributed by atoms with van der Waals surface area (Å²) < 4.78 is 23.3. The summed E-state index contributed by atoms with van der Waals surface area (Å²) in [4.78, 5) is 26.8. The van der Waals surface area contributed by atoms with Gasteiger partial charge in [-0.05, 0) is 31.7 Å². The number of benzene rings is 1. The van der Waals surface area contributed by atoms with Gasteiger partial charge in [0.05, 0.1) is 11.5 Å². The summed E-state index contributed by atoms with van der Waals surface area (Å²) >= 11 is 0. The average molecular weight is 364 g/mol. The third kappa shape index (κ3) is 3.71. The number of sulfone groups is 1. The van der Waals surface area contributed by atoms with Crippen LogP contribution in [-0.2, 0) is 26.0 Å². The molecule has 7 heteroatoms. The molecule has 136 valence electrons. The van der Waals surface area contributed by atoms with Gasteiger partial charge >= 0.3 is 0 Å². The Balaban J connectivity index is 1.61. The lowest BCUT2D eigenvalue weighted by atomic mass is 10.0. The second kappa shape index (κ2) is 6.44. The van der Waals surface area contributed by atoms with Crippen LogP contribution >= 0.6 is 0 Å². The topological polar surface area (TPSA) is 83.6 Å². The van der Waals surface area contributed by atoms with Gasteiger partial charge in [0, 0.05) is 19.6 Å². The fourth-order valence-electron chi connectivity index (χ4n) is 3.30. The minimum atomic E-state index is -3.06. The maximum atomic E-state index is 12.8. The monoisotopic (exact) mass is 364 g/mol. The van der Waals surface area contributed by atoms with Gasteiger partial charge < -0.3 is 10.2 Å². The van der Waals surface area contributed by atoms with E-state index in [2.05, 4.69) is 5.32 Å². The van der Waals surface area contributed by atoms with Gasteiger partial charge in [-0.2, -0.15) is 0 Å². The molecule has 2 fully saturated rings. The molecule has 0 spiro atoms. The minimum absolute atomic E-state index is 0.00367. The maximum absolute atomic E-state index is 12.8. The van der Waals surface area contributed by atoms with Crippen LogP contribution < -0.4 is 5.32 Å². The number of hydrogen-bond acceptors (Lipinski definition) is 4. The maximum Gasteiger partial charge on any atom is 0.238 e. The van der Waals surface area contributed by atoms with E-state index in [1.165, 1.54) is 4.90 Å². The molecule has 1 atom stereocenters. The van der Waals surface area contributed by atoms with Crippen LogP contribution in [0.4, 0.5) is 0 Å². The van der Waals surface area contributed by atoms with Gasteiger partial charge in [0.1, 0.15) is 5.41 Å². The summed E-state index contributed by atoms with van der Waals surface area (Å²) in [6, 6.07) is 7.54. The summed E-state index contributed by atoms with van der Waals surface area (Å²) in [6.45, 7) is 2.38. The molecule has 2 aliphatic rings. The van der Waals surface area contributed by atoms with E-state index >= 15 is 0 Å². The van der Waals surface area contributed by atoms with E-state index in [-0.39, 0.29) is 29.4 Å². The van der Waals surface area contributed by atoms with Crippen LogP contribution in [0.5, 0.6) is 0 Å². The normalized spacial score (nSPS) is 23.0. The molecule has 1 N–H and O–H groups in total. The molecule has 25 heavy (non-hydrogen) atoms. The predicted octanol–water partition coefficient (Wildman–Crippen LogP) is 1.04. The highest BCUT2D eigenvalue weighted by Crippen LogP contribution is 2.48. The highest BCUT2D eigenvalue weighted by atomic mass is 32.2. The molecule has 1 unspecified atom stereocenters. The molecule has 1 aliphatic carbocycles. The Morgan fingerprint density at radius 1 is 1.24 bits per heavy atom. The molecule has 0 aromatic heterocycles. The van der Waals surface area contributed by atoms with Crippen molar-refractivity contribution in [3.8, 4) is 0 Å². The first-order valence-electron chi connectivity index (χ1n) is 8.55. The molecule has 1 aromatic rings. The van der Waals surface area contributed by atoms with Gasteiger partial charge in [-0.1, -0.05) is 29.8 Å².